The quantitative estimate of drug-likeness (QED) is 0.894. The van der Waals surface area contributed by atoms with Crippen LogP contribution in [0.25, 0.3) is 0 Å². The Morgan fingerprint density at radius 2 is 2.10 bits per heavy atom. The van der Waals surface area contributed by atoms with Gasteiger partial charge in [-0.05, 0) is 52.2 Å². The maximum atomic E-state index is 12.7. The predicted molar refractivity (Wildman–Crippen MR) is 79.6 cm³/mol. The zero-order valence-corrected chi connectivity index (χ0v) is 12.4. The van der Waals surface area contributed by atoms with Crippen LogP contribution >= 0.6 is 0 Å². The third-order valence-electron chi connectivity index (χ3n) is 4.18. The van der Waals surface area contributed by atoms with E-state index in [2.05, 4.69) is 6.92 Å². The molecular formula is C15H23N3O2. The van der Waals surface area contributed by atoms with Gasteiger partial charge in [0.2, 0.25) is 5.91 Å². The van der Waals surface area contributed by atoms with Gasteiger partial charge in [-0.3, -0.25) is 14.2 Å². The normalized spacial score (nSPS) is 20.8. The molecule has 0 aromatic carbocycles. The summed E-state index contributed by atoms with van der Waals surface area (Å²) >= 11 is 0. The van der Waals surface area contributed by atoms with Gasteiger partial charge < -0.3 is 10.6 Å². The van der Waals surface area contributed by atoms with Gasteiger partial charge in [0, 0.05) is 18.3 Å². The molecule has 0 aliphatic carbocycles. The Hall–Kier alpha value is -1.78. The van der Waals surface area contributed by atoms with Crippen molar-refractivity contribution >= 4 is 11.6 Å². The number of nitrogens with two attached hydrogens (primary N) is 1. The van der Waals surface area contributed by atoms with Crippen molar-refractivity contribution in [1.29, 1.82) is 0 Å². The third-order valence-corrected chi connectivity index (χ3v) is 4.18. The van der Waals surface area contributed by atoms with Gasteiger partial charge in [0.05, 0.1) is 5.69 Å². The van der Waals surface area contributed by atoms with Crippen LogP contribution in [0.15, 0.2) is 16.9 Å². The van der Waals surface area contributed by atoms with Gasteiger partial charge in [-0.1, -0.05) is 0 Å². The molecule has 0 bridgehead atoms. The fraction of sp³-hybridized carbons (Fsp3) is 0.600. The van der Waals surface area contributed by atoms with Gasteiger partial charge in [-0.15, -0.1) is 0 Å². The van der Waals surface area contributed by atoms with E-state index in [1.807, 2.05) is 11.8 Å². The Kier molecular flexibility index (Phi) is 4.16. The van der Waals surface area contributed by atoms with E-state index in [9.17, 15) is 9.59 Å². The van der Waals surface area contributed by atoms with Crippen molar-refractivity contribution in [2.75, 3.05) is 12.3 Å². The summed E-state index contributed by atoms with van der Waals surface area (Å²) in [7, 11) is 0. The number of carbonyl (C=O) groups is 1. The second kappa shape index (κ2) is 5.69. The summed E-state index contributed by atoms with van der Waals surface area (Å²) in [6, 6.07) is 3.11. The van der Waals surface area contributed by atoms with Crippen LogP contribution in [0.4, 0.5) is 5.69 Å². The number of aromatic nitrogens is 1. The standard InChI is InChI=1S/C15H23N3O2/c1-10-6-4-5-9-17(10)14(19)12(3)18-11(2)7-8-13(16)15(18)20/h7-8,10,12H,4-6,9,16H2,1-3H3/t10-,12-/m0/s1. The SMILES string of the molecule is Cc1ccc(N)c(=O)n1[C@@H](C)C(=O)N1CCCC[C@@H]1C. The zero-order chi connectivity index (χ0) is 14.9. The second-order valence-corrected chi connectivity index (χ2v) is 5.66. The highest BCUT2D eigenvalue weighted by Crippen LogP contribution is 2.21. The Morgan fingerprint density at radius 1 is 1.40 bits per heavy atom. The molecule has 1 aliphatic heterocycles. The van der Waals surface area contributed by atoms with Gasteiger partial charge in [-0.25, -0.2) is 0 Å². The molecule has 0 spiro atoms. The van der Waals surface area contributed by atoms with Crippen molar-refractivity contribution in [3.63, 3.8) is 0 Å². The van der Waals surface area contributed by atoms with Crippen LogP contribution in [0.5, 0.6) is 0 Å². The largest absolute Gasteiger partial charge is 0.394 e. The number of nitrogens with zero attached hydrogens (tertiary/aromatic N) is 2. The first-order chi connectivity index (χ1) is 9.43. The molecular weight excluding hydrogens is 254 g/mol. The fourth-order valence-corrected chi connectivity index (χ4v) is 2.92. The highest BCUT2D eigenvalue weighted by molar-refractivity contribution is 5.80. The van der Waals surface area contributed by atoms with Crippen LogP contribution in [0.2, 0.25) is 0 Å². The molecule has 20 heavy (non-hydrogen) atoms. The number of carbonyl (C=O) groups excluding carboxylic acids is 1. The maximum absolute atomic E-state index is 12.7. The minimum Gasteiger partial charge on any atom is -0.394 e. The summed E-state index contributed by atoms with van der Waals surface area (Å²) in [5.74, 6) is 0.00741. The van der Waals surface area contributed by atoms with Crippen molar-refractivity contribution in [3.05, 3.63) is 28.2 Å². The number of aryl methyl sites for hydroxylation is 1. The van der Waals surface area contributed by atoms with Crippen molar-refractivity contribution in [2.24, 2.45) is 0 Å². The molecule has 1 amide bonds. The van der Waals surface area contributed by atoms with Gasteiger partial charge in [0.15, 0.2) is 0 Å². The second-order valence-electron chi connectivity index (χ2n) is 5.66. The molecule has 1 aromatic rings. The number of nitrogen functional groups attached to an aromatic ring is 1. The van der Waals surface area contributed by atoms with E-state index in [-0.39, 0.29) is 23.2 Å². The molecule has 0 unspecified atom stereocenters. The van der Waals surface area contributed by atoms with Crippen LogP contribution in [-0.2, 0) is 4.79 Å². The first-order valence-electron chi connectivity index (χ1n) is 7.21. The first-order valence-corrected chi connectivity index (χ1v) is 7.21. The molecule has 0 radical (unpaired) electrons. The van der Waals surface area contributed by atoms with Gasteiger partial charge in [0.25, 0.3) is 5.56 Å². The van der Waals surface area contributed by atoms with Crippen molar-refractivity contribution in [2.45, 2.75) is 52.1 Å². The van der Waals surface area contributed by atoms with Crippen molar-refractivity contribution in [3.8, 4) is 0 Å². The van der Waals surface area contributed by atoms with Crippen molar-refractivity contribution in [1.82, 2.24) is 9.47 Å². The minimum atomic E-state index is -0.508. The molecule has 2 heterocycles. The summed E-state index contributed by atoms with van der Waals surface area (Å²) in [5.41, 5.74) is 6.33. The highest BCUT2D eigenvalue weighted by atomic mass is 16.2. The molecule has 1 aromatic heterocycles. The smallest absolute Gasteiger partial charge is 0.274 e. The van der Waals surface area contributed by atoms with Crippen molar-refractivity contribution < 1.29 is 4.79 Å². The number of rotatable bonds is 2. The summed E-state index contributed by atoms with van der Waals surface area (Å²) < 4.78 is 1.50. The van der Waals surface area contributed by atoms with Crippen LogP contribution in [0.1, 0.15) is 44.8 Å². The number of amides is 1. The number of likely N-dealkylation sites (tertiary alicyclic amines) is 1. The molecule has 0 saturated carbocycles. The molecule has 2 rings (SSSR count). The highest BCUT2D eigenvalue weighted by Gasteiger charge is 2.28. The van der Waals surface area contributed by atoms with E-state index in [0.717, 1.165) is 31.5 Å². The molecule has 1 saturated heterocycles. The lowest BCUT2D eigenvalue weighted by atomic mass is 10.0. The van der Waals surface area contributed by atoms with Crippen LogP contribution in [0, 0.1) is 6.92 Å². The van der Waals surface area contributed by atoms with E-state index < -0.39 is 6.04 Å². The molecule has 2 atom stereocenters. The predicted octanol–water partition coefficient (Wildman–Crippen LogP) is 1.70. The van der Waals surface area contributed by atoms with E-state index in [0.29, 0.717) is 0 Å². The lowest BCUT2D eigenvalue weighted by molar-refractivity contribution is -0.137. The number of hydrogen-bond acceptors (Lipinski definition) is 3. The Balaban J connectivity index is 2.31. The first kappa shape index (κ1) is 14.6. The molecule has 110 valence electrons. The monoisotopic (exact) mass is 277 g/mol. The summed E-state index contributed by atoms with van der Waals surface area (Å²) in [5, 5.41) is 0. The molecule has 2 N–H and O–H groups in total. The van der Waals surface area contributed by atoms with E-state index in [1.54, 1.807) is 19.1 Å². The van der Waals surface area contributed by atoms with E-state index >= 15 is 0 Å². The fourth-order valence-electron chi connectivity index (χ4n) is 2.92. The third kappa shape index (κ3) is 2.57. The number of anilines is 1. The average molecular weight is 277 g/mol. The van der Waals surface area contributed by atoms with Crippen LogP contribution < -0.4 is 11.3 Å². The number of hydrogen-bond donors (Lipinski definition) is 1. The molecule has 5 nitrogen and oxygen atoms in total. The molecule has 5 heteroatoms. The molecule has 1 aliphatic rings. The Labute approximate surface area is 119 Å². The van der Waals surface area contributed by atoms with Gasteiger partial charge in [0.1, 0.15) is 6.04 Å². The van der Waals surface area contributed by atoms with E-state index in [1.165, 1.54) is 4.57 Å². The maximum Gasteiger partial charge on any atom is 0.274 e. The lowest BCUT2D eigenvalue weighted by Gasteiger charge is -2.35. The Morgan fingerprint density at radius 3 is 2.75 bits per heavy atom. The Bertz CT molecular complexity index is 565. The zero-order valence-electron chi connectivity index (χ0n) is 12.4. The number of piperidine rings is 1. The molecule has 1 fully saturated rings. The minimum absolute atomic E-state index is 0.00741. The summed E-state index contributed by atoms with van der Waals surface area (Å²) in [6.07, 6.45) is 3.23. The van der Waals surface area contributed by atoms with E-state index in [4.69, 9.17) is 5.73 Å². The van der Waals surface area contributed by atoms with Crippen LogP contribution in [0.3, 0.4) is 0 Å². The van der Waals surface area contributed by atoms with Crippen LogP contribution in [-0.4, -0.2) is 28.0 Å². The van der Waals surface area contributed by atoms with Gasteiger partial charge >= 0.3 is 0 Å². The summed E-state index contributed by atoms with van der Waals surface area (Å²) in [4.78, 5) is 26.7. The van der Waals surface area contributed by atoms with Gasteiger partial charge in [-0.2, -0.15) is 0 Å². The summed E-state index contributed by atoms with van der Waals surface area (Å²) in [6.45, 7) is 6.45. The average Bonchev–Trinajstić information content (AvgIpc) is 2.43. The topological polar surface area (TPSA) is 68.3 Å². The lowest BCUT2D eigenvalue weighted by Crippen LogP contribution is -2.46. The number of pyridine rings is 1.